The molecule has 0 amide bonds. The first-order chi connectivity index (χ1) is 46.2. The second kappa shape index (κ2) is 71.1. The Labute approximate surface area is 580 Å². The molecule has 4 N–H and O–H groups in total. The standard InChI is InChI=1S/C77H142O16P2/c1-4-7-10-13-16-19-22-24-25-26-27-28-29-30-31-32-33-34-35-36-37-38-39-40-41-42-43-44-45-47-50-51-54-57-60-63-75(80)87-66-72(78)67-89-94(83,84)90-68-73(79)69-91-95(85,86)92-71-74(93-77(82)65-62-59-56-53-48-21-18-15-12-9-6-3)70-88-76(81)64-61-58-55-52-49-46-23-20-17-14-11-8-5-2/h16,19-20,23-25,27-28,30-31,72-74,78-79H,4-15,17-18,21-22,26,29,32-71H2,1-3H3,(H,83,84)(H,85,86)/b19-16-,23-20-,25-24-,28-27-,31-30-. The van der Waals surface area contributed by atoms with Crippen LogP contribution in [0.15, 0.2) is 60.8 Å². The third-order valence-electron chi connectivity index (χ3n) is 16.7. The zero-order valence-corrected chi connectivity index (χ0v) is 62.4. The van der Waals surface area contributed by atoms with Crippen molar-refractivity contribution in [3.05, 3.63) is 60.8 Å². The molecule has 0 aromatic rings. The van der Waals surface area contributed by atoms with Gasteiger partial charge in [0.2, 0.25) is 0 Å². The molecule has 0 heterocycles. The van der Waals surface area contributed by atoms with Crippen LogP contribution in [0.2, 0.25) is 0 Å². The minimum absolute atomic E-state index is 0.110. The van der Waals surface area contributed by atoms with E-state index >= 15 is 0 Å². The van der Waals surface area contributed by atoms with Crippen LogP contribution in [0.1, 0.15) is 355 Å². The molecular formula is C77H142O16P2. The lowest BCUT2D eigenvalue weighted by molar-refractivity contribution is -0.161. The van der Waals surface area contributed by atoms with Crippen LogP contribution >= 0.6 is 15.6 Å². The topological polar surface area (TPSA) is 231 Å². The SMILES string of the molecule is CCCCC/C=C\C/C=C\C/C=C\C/C=C\CCCCCCCCCCCCCCCCCCCCCC(=O)OCC(O)COP(=O)(O)OCC(O)COP(=O)(O)OCC(COC(=O)CCCCCCC/C=C\CCCCCC)OC(=O)CCCCCCCCCCCCC. The van der Waals surface area contributed by atoms with Crippen molar-refractivity contribution >= 4 is 33.6 Å². The van der Waals surface area contributed by atoms with Crippen LogP contribution in [0.5, 0.6) is 0 Å². The Balaban J connectivity index is 4.23. The largest absolute Gasteiger partial charge is 0.472 e. The Kier molecular flexibility index (Phi) is 69.0. The summed E-state index contributed by atoms with van der Waals surface area (Å²) in [5.74, 6) is -1.56. The summed E-state index contributed by atoms with van der Waals surface area (Å²) in [6.45, 7) is 2.65. The Hall–Kier alpha value is -2.75. The van der Waals surface area contributed by atoms with Gasteiger partial charge in [-0.2, -0.15) is 0 Å². The second-order valence-corrected chi connectivity index (χ2v) is 29.1. The molecule has 95 heavy (non-hydrogen) atoms. The molecule has 0 bridgehead atoms. The molecular weight excluding hydrogens is 1240 g/mol. The van der Waals surface area contributed by atoms with Gasteiger partial charge in [-0.05, 0) is 89.9 Å². The van der Waals surface area contributed by atoms with E-state index in [4.69, 9.17) is 32.3 Å². The monoisotopic (exact) mass is 1380 g/mol. The van der Waals surface area contributed by atoms with Gasteiger partial charge in [-0.1, -0.05) is 306 Å². The molecule has 556 valence electrons. The maximum Gasteiger partial charge on any atom is 0.472 e. The van der Waals surface area contributed by atoms with Crippen molar-refractivity contribution < 1.29 is 75.8 Å². The normalized spacial score (nSPS) is 14.4. The average molecular weight is 1390 g/mol. The lowest BCUT2D eigenvalue weighted by Crippen LogP contribution is -2.30. The summed E-state index contributed by atoms with van der Waals surface area (Å²) >= 11 is 0. The number of ether oxygens (including phenoxy) is 3. The number of unbranched alkanes of at least 4 members (excludes halogenated alkanes) is 41. The summed E-state index contributed by atoms with van der Waals surface area (Å²) < 4.78 is 60.9. The van der Waals surface area contributed by atoms with Gasteiger partial charge in [0, 0.05) is 19.3 Å². The predicted octanol–water partition coefficient (Wildman–Crippen LogP) is 22.1. The fourth-order valence-electron chi connectivity index (χ4n) is 10.8. The van der Waals surface area contributed by atoms with E-state index in [1.165, 1.54) is 193 Å². The van der Waals surface area contributed by atoms with E-state index in [0.29, 0.717) is 19.3 Å². The van der Waals surface area contributed by atoms with Gasteiger partial charge in [0.25, 0.3) is 0 Å². The first-order valence-corrected chi connectivity index (χ1v) is 41.6. The van der Waals surface area contributed by atoms with Crippen LogP contribution in [0.25, 0.3) is 0 Å². The molecule has 0 radical (unpaired) electrons. The number of aliphatic hydroxyl groups excluding tert-OH is 2. The van der Waals surface area contributed by atoms with Gasteiger partial charge in [0.05, 0.1) is 26.4 Å². The van der Waals surface area contributed by atoms with E-state index in [1.54, 1.807) is 0 Å². The molecule has 0 saturated carbocycles. The van der Waals surface area contributed by atoms with Gasteiger partial charge in [-0.25, -0.2) is 9.13 Å². The fourth-order valence-corrected chi connectivity index (χ4v) is 12.4. The molecule has 16 nitrogen and oxygen atoms in total. The molecule has 0 aliphatic carbocycles. The molecule has 0 saturated heterocycles. The van der Waals surface area contributed by atoms with Gasteiger partial charge < -0.3 is 34.2 Å². The number of hydrogen-bond acceptors (Lipinski definition) is 14. The molecule has 0 aromatic heterocycles. The van der Waals surface area contributed by atoms with Gasteiger partial charge in [-0.15, -0.1) is 0 Å². The molecule has 18 heteroatoms. The van der Waals surface area contributed by atoms with Gasteiger partial charge in [-0.3, -0.25) is 32.5 Å². The Bertz CT molecular complexity index is 1980. The van der Waals surface area contributed by atoms with Gasteiger partial charge in [0.15, 0.2) is 6.10 Å². The van der Waals surface area contributed by atoms with Crippen molar-refractivity contribution in [1.82, 2.24) is 0 Å². The van der Waals surface area contributed by atoms with E-state index < -0.39 is 91.5 Å². The number of rotatable bonds is 74. The summed E-state index contributed by atoms with van der Waals surface area (Å²) in [5.41, 5.74) is 0. The molecule has 0 aliphatic heterocycles. The zero-order valence-electron chi connectivity index (χ0n) is 60.6. The highest BCUT2D eigenvalue weighted by molar-refractivity contribution is 7.47. The molecule has 0 aliphatic rings. The third kappa shape index (κ3) is 72.3. The number of allylic oxidation sites excluding steroid dienone is 10. The smallest absolute Gasteiger partial charge is 0.463 e. The number of esters is 3. The Morgan fingerprint density at radius 2 is 0.526 bits per heavy atom. The highest BCUT2D eigenvalue weighted by Crippen LogP contribution is 2.45. The summed E-state index contributed by atoms with van der Waals surface area (Å²) in [7, 11) is -9.76. The third-order valence-corrected chi connectivity index (χ3v) is 18.6. The number of hydrogen-bond donors (Lipinski definition) is 4. The molecule has 5 atom stereocenters. The van der Waals surface area contributed by atoms with Crippen molar-refractivity contribution in [2.75, 3.05) is 39.6 Å². The van der Waals surface area contributed by atoms with E-state index in [1.807, 2.05) is 0 Å². The predicted molar refractivity (Wildman–Crippen MR) is 390 cm³/mol. The quantitative estimate of drug-likeness (QED) is 0.0146. The summed E-state index contributed by atoms with van der Waals surface area (Å²) in [6, 6.07) is 0. The van der Waals surface area contributed by atoms with Crippen LogP contribution in [0, 0.1) is 0 Å². The van der Waals surface area contributed by atoms with E-state index in [-0.39, 0.29) is 19.3 Å². The number of phosphoric acid groups is 2. The van der Waals surface area contributed by atoms with Gasteiger partial charge >= 0.3 is 33.6 Å². The molecule has 0 fully saturated rings. The van der Waals surface area contributed by atoms with Crippen LogP contribution < -0.4 is 0 Å². The van der Waals surface area contributed by atoms with Crippen molar-refractivity contribution in [3.63, 3.8) is 0 Å². The number of carbonyl (C=O) groups excluding carboxylic acids is 3. The van der Waals surface area contributed by atoms with Crippen molar-refractivity contribution in [2.45, 2.75) is 373 Å². The van der Waals surface area contributed by atoms with E-state index in [0.717, 1.165) is 103 Å². The minimum Gasteiger partial charge on any atom is -0.463 e. The molecule has 5 unspecified atom stereocenters. The summed E-state index contributed by atoms with van der Waals surface area (Å²) in [4.78, 5) is 58.3. The summed E-state index contributed by atoms with van der Waals surface area (Å²) in [6.07, 6.45) is 76.0. The number of phosphoric ester groups is 2. The maximum absolute atomic E-state index is 12.9. The molecule has 0 rings (SSSR count). The fraction of sp³-hybridized carbons (Fsp3) is 0.831. The maximum atomic E-state index is 12.9. The van der Waals surface area contributed by atoms with Gasteiger partial charge in [0.1, 0.15) is 25.4 Å². The van der Waals surface area contributed by atoms with Crippen LogP contribution in [0.4, 0.5) is 0 Å². The lowest BCUT2D eigenvalue weighted by atomic mass is 10.0. The van der Waals surface area contributed by atoms with Crippen LogP contribution in [0.3, 0.4) is 0 Å². The summed E-state index contributed by atoms with van der Waals surface area (Å²) in [5, 5.41) is 20.6. The average Bonchev–Trinajstić information content (AvgIpc) is 3.02. The molecule has 0 spiro atoms. The van der Waals surface area contributed by atoms with E-state index in [9.17, 15) is 43.5 Å². The van der Waals surface area contributed by atoms with Crippen LogP contribution in [-0.4, -0.2) is 95.9 Å². The zero-order chi connectivity index (χ0) is 69.5. The number of carbonyl (C=O) groups is 3. The molecule has 0 aromatic carbocycles. The first-order valence-electron chi connectivity index (χ1n) is 38.6. The van der Waals surface area contributed by atoms with Crippen molar-refractivity contribution in [3.8, 4) is 0 Å². The van der Waals surface area contributed by atoms with E-state index in [2.05, 4.69) is 81.5 Å². The highest BCUT2D eigenvalue weighted by atomic mass is 31.2. The van der Waals surface area contributed by atoms with Crippen LogP contribution in [-0.2, 0) is 55.8 Å². The van der Waals surface area contributed by atoms with Crippen molar-refractivity contribution in [1.29, 1.82) is 0 Å². The van der Waals surface area contributed by atoms with Crippen molar-refractivity contribution in [2.24, 2.45) is 0 Å². The first kappa shape index (κ1) is 92.2. The second-order valence-electron chi connectivity index (χ2n) is 26.2. The highest BCUT2D eigenvalue weighted by Gasteiger charge is 2.29. The minimum atomic E-state index is -4.91. The Morgan fingerprint density at radius 1 is 0.295 bits per heavy atom. The number of aliphatic hydroxyl groups is 2. The lowest BCUT2D eigenvalue weighted by Gasteiger charge is -2.21. The Morgan fingerprint density at radius 3 is 0.874 bits per heavy atom.